The van der Waals surface area contributed by atoms with E-state index in [1.165, 1.54) is 10.2 Å². The molecule has 168 valence electrons. The van der Waals surface area contributed by atoms with E-state index in [1.54, 1.807) is 18.0 Å². The lowest BCUT2D eigenvalue weighted by molar-refractivity contribution is 0.0672. The van der Waals surface area contributed by atoms with Crippen molar-refractivity contribution in [3.05, 3.63) is 59.8 Å². The zero-order valence-electron chi connectivity index (χ0n) is 19.3. The number of nitrogens with zero attached hydrogens (tertiary/aromatic N) is 3. The summed E-state index contributed by atoms with van der Waals surface area (Å²) in [5, 5.41) is 5.33. The molecule has 0 N–H and O–H groups in total. The van der Waals surface area contributed by atoms with Gasteiger partial charge in [-0.1, -0.05) is 32.9 Å². The molecule has 2 aromatic carbocycles. The highest BCUT2D eigenvalue weighted by atomic mass is 32.2. The average molecular weight is 450 g/mol. The maximum absolute atomic E-state index is 13.1. The fourth-order valence-corrected chi connectivity index (χ4v) is 4.84. The van der Waals surface area contributed by atoms with Gasteiger partial charge in [-0.3, -0.25) is 9.59 Å². The maximum Gasteiger partial charge on any atom is 0.253 e. The van der Waals surface area contributed by atoms with E-state index < -0.39 is 5.41 Å². The zero-order chi connectivity index (χ0) is 22.9. The second-order valence-electron chi connectivity index (χ2n) is 9.70. The molecule has 5 nitrogen and oxygen atoms in total. The van der Waals surface area contributed by atoms with Crippen molar-refractivity contribution in [2.75, 3.05) is 19.3 Å². The number of fused-ring (bicyclic) bond motifs is 1. The standard InChI is InChI=1S/C26H31N3O2S/c1-26(2,3)25(31)29-23-11-10-18(14-21(23)16-27-29)13-19-7-6-12-28(17-19)24(30)20-8-5-9-22(15-20)32-4/h5,8-11,14-16,19H,6-7,12-13,17H2,1-4H3. The molecule has 4 rings (SSSR count). The molecule has 1 saturated heterocycles. The summed E-state index contributed by atoms with van der Waals surface area (Å²) in [6.45, 7) is 7.32. The van der Waals surface area contributed by atoms with Gasteiger partial charge in [0.05, 0.1) is 11.7 Å². The number of hydrogen-bond acceptors (Lipinski definition) is 4. The summed E-state index contributed by atoms with van der Waals surface area (Å²) in [6, 6.07) is 14.1. The van der Waals surface area contributed by atoms with Crippen LogP contribution in [0.1, 0.15) is 54.3 Å². The molecule has 0 bridgehead atoms. The van der Waals surface area contributed by atoms with E-state index >= 15 is 0 Å². The van der Waals surface area contributed by atoms with Crippen LogP contribution < -0.4 is 0 Å². The molecule has 0 saturated carbocycles. The van der Waals surface area contributed by atoms with E-state index in [0.717, 1.165) is 53.7 Å². The van der Waals surface area contributed by atoms with Gasteiger partial charge in [0.25, 0.3) is 11.8 Å². The van der Waals surface area contributed by atoms with Gasteiger partial charge >= 0.3 is 0 Å². The number of aromatic nitrogens is 2. The van der Waals surface area contributed by atoms with E-state index in [2.05, 4.69) is 17.2 Å². The maximum atomic E-state index is 13.1. The van der Waals surface area contributed by atoms with Gasteiger partial charge in [-0.25, -0.2) is 0 Å². The van der Waals surface area contributed by atoms with Gasteiger partial charge in [-0.05, 0) is 67.3 Å². The fraction of sp³-hybridized carbons (Fsp3) is 0.423. The van der Waals surface area contributed by atoms with E-state index in [-0.39, 0.29) is 11.8 Å². The van der Waals surface area contributed by atoms with Crippen LogP contribution in [0.25, 0.3) is 10.9 Å². The van der Waals surface area contributed by atoms with Gasteiger partial charge in [-0.15, -0.1) is 11.8 Å². The van der Waals surface area contributed by atoms with Crippen molar-refractivity contribution in [3.63, 3.8) is 0 Å². The Kier molecular flexibility index (Phi) is 6.42. The van der Waals surface area contributed by atoms with Gasteiger partial charge in [-0.2, -0.15) is 9.78 Å². The molecular formula is C26H31N3O2S. The van der Waals surface area contributed by atoms with Gasteiger partial charge in [0.2, 0.25) is 0 Å². The number of amides is 1. The molecule has 1 fully saturated rings. The summed E-state index contributed by atoms with van der Waals surface area (Å²) in [7, 11) is 0. The number of thioether (sulfide) groups is 1. The molecule has 1 aromatic heterocycles. The molecule has 1 atom stereocenters. The second-order valence-corrected chi connectivity index (χ2v) is 10.6. The number of benzene rings is 2. The lowest BCUT2D eigenvalue weighted by Crippen LogP contribution is -2.40. The van der Waals surface area contributed by atoms with Crippen LogP contribution in [0.2, 0.25) is 0 Å². The zero-order valence-corrected chi connectivity index (χ0v) is 20.1. The third-order valence-corrected chi connectivity index (χ3v) is 6.84. The summed E-state index contributed by atoms with van der Waals surface area (Å²) in [6.07, 6.45) is 6.87. The fourth-order valence-electron chi connectivity index (χ4n) is 4.38. The van der Waals surface area contributed by atoms with Crippen LogP contribution in [0.3, 0.4) is 0 Å². The molecule has 3 aromatic rings. The molecule has 0 spiro atoms. The molecule has 1 aliphatic heterocycles. The minimum absolute atomic E-state index is 0.00720. The lowest BCUT2D eigenvalue weighted by atomic mass is 9.90. The van der Waals surface area contributed by atoms with E-state index in [9.17, 15) is 9.59 Å². The number of carbonyl (C=O) groups is 2. The predicted octanol–water partition coefficient (Wildman–Crippen LogP) is 5.54. The van der Waals surface area contributed by atoms with Crippen molar-refractivity contribution < 1.29 is 9.59 Å². The minimum atomic E-state index is -0.481. The highest BCUT2D eigenvalue weighted by Gasteiger charge is 2.27. The van der Waals surface area contributed by atoms with Gasteiger partial charge < -0.3 is 4.90 Å². The quantitative estimate of drug-likeness (QED) is 0.491. The van der Waals surface area contributed by atoms with Crippen LogP contribution in [0.4, 0.5) is 0 Å². The van der Waals surface area contributed by atoms with Crippen LogP contribution in [-0.2, 0) is 6.42 Å². The number of hydrogen-bond donors (Lipinski definition) is 0. The Hall–Kier alpha value is -2.60. The minimum Gasteiger partial charge on any atom is -0.338 e. The Morgan fingerprint density at radius 1 is 1.16 bits per heavy atom. The number of rotatable bonds is 4. The van der Waals surface area contributed by atoms with Gasteiger partial charge in [0.15, 0.2) is 0 Å². The van der Waals surface area contributed by atoms with Crippen LogP contribution >= 0.6 is 11.8 Å². The Labute approximate surface area is 194 Å². The smallest absolute Gasteiger partial charge is 0.253 e. The lowest BCUT2D eigenvalue weighted by Gasteiger charge is -2.33. The van der Waals surface area contributed by atoms with Crippen molar-refractivity contribution in [2.24, 2.45) is 11.3 Å². The Balaban J connectivity index is 1.47. The Morgan fingerprint density at radius 3 is 2.72 bits per heavy atom. The van der Waals surface area contributed by atoms with Crippen molar-refractivity contribution in [1.29, 1.82) is 0 Å². The number of piperidine rings is 1. The SMILES string of the molecule is CSc1cccc(C(=O)N2CCCC(Cc3ccc4c(cnn4C(=O)C(C)(C)C)c3)C2)c1. The first-order valence-corrected chi connectivity index (χ1v) is 12.4. The highest BCUT2D eigenvalue weighted by Crippen LogP contribution is 2.26. The number of likely N-dealkylation sites (tertiary alicyclic amines) is 1. The van der Waals surface area contributed by atoms with E-state index in [0.29, 0.717) is 5.92 Å². The van der Waals surface area contributed by atoms with Crippen molar-refractivity contribution in [1.82, 2.24) is 14.7 Å². The normalized spacial score (nSPS) is 17.0. The topological polar surface area (TPSA) is 55.2 Å². The Morgan fingerprint density at radius 2 is 1.97 bits per heavy atom. The van der Waals surface area contributed by atoms with Gasteiger partial charge in [0.1, 0.15) is 0 Å². The molecule has 1 unspecified atom stereocenters. The first kappa shape index (κ1) is 22.6. The molecule has 1 amide bonds. The second kappa shape index (κ2) is 9.10. The first-order chi connectivity index (χ1) is 15.3. The largest absolute Gasteiger partial charge is 0.338 e. The summed E-state index contributed by atoms with van der Waals surface area (Å²) in [5.74, 6) is 0.551. The van der Waals surface area contributed by atoms with Crippen LogP contribution in [-0.4, -0.2) is 45.8 Å². The van der Waals surface area contributed by atoms with E-state index in [4.69, 9.17) is 0 Å². The summed E-state index contributed by atoms with van der Waals surface area (Å²) in [4.78, 5) is 28.8. The summed E-state index contributed by atoms with van der Waals surface area (Å²) in [5.41, 5.74) is 2.37. The molecule has 1 aliphatic rings. The molecule has 32 heavy (non-hydrogen) atoms. The molecule has 6 heteroatoms. The Bertz CT molecular complexity index is 1150. The van der Waals surface area contributed by atoms with E-state index in [1.807, 2.05) is 62.3 Å². The van der Waals surface area contributed by atoms with Gasteiger partial charge in [0, 0.05) is 34.3 Å². The predicted molar refractivity (Wildman–Crippen MR) is 130 cm³/mol. The first-order valence-electron chi connectivity index (χ1n) is 11.2. The highest BCUT2D eigenvalue weighted by molar-refractivity contribution is 7.98. The number of carbonyl (C=O) groups excluding carboxylic acids is 2. The van der Waals surface area contributed by atoms with Crippen LogP contribution in [0.15, 0.2) is 53.6 Å². The van der Waals surface area contributed by atoms with Crippen LogP contribution in [0.5, 0.6) is 0 Å². The van der Waals surface area contributed by atoms with Crippen LogP contribution in [0, 0.1) is 11.3 Å². The third kappa shape index (κ3) is 4.75. The molecular weight excluding hydrogens is 418 g/mol. The average Bonchev–Trinajstić information content (AvgIpc) is 3.20. The molecule has 0 aliphatic carbocycles. The van der Waals surface area contributed by atoms with Crippen molar-refractivity contribution in [3.8, 4) is 0 Å². The molecule has 2 heterocycles. The third-order valence-electron chi connectivity index (χ3n) is 6.11. The van der Waals surface area contributed by atoms with Crippen molar-refractivity contribution in [2.45, 2.75) is 44.9 Å². The summed E-state index contributed by atoms with van der Waals surface area (Å²) < 4.78 is 1.52. The van der Waals surface area contributed by atoms with Crippen molar-refractivity contribution >= 4 is 34.5 Å². The monoisotopic (exact) mass is 449 g/mol. The summed E-state index contributed by atoms with van der Waals surface area (Å²) >= 11 is 1.66. The molecule has 0 radical (unpaired) electrons.